The predicted molar refractivity (Wildman–Crippen MR) is 117 cm³/mol. The van der Waals surface area contributed by atoms with E-state index in [0.717, 1.165) is 11.1 Å². The van der Waals surface area contributed by atoms with Crippen LogP contribution in [0.2, 0.25) is 0 Å². The Morgan fingerprint density at radius 2 is 0.933 bits per heavy atom. The number of allylic oxidation sites excluding steroid dienone is 10. The summed E-state index contributed by atoms with van der Waals surface area (Å²) in [5, 5.41) is 22.1. The number of carbonyl (C=O) groups is 2. The minimum Gasteiger partial charge on any atom is -0.504 e. The second-order valence-corrected chi connectivity index (χ2v) is 11.2. The topological polar surface area (TPSA) is 74.6 Å². The Morgan fingerprint density at radius 3 is 1.20 bits per heavy atom. The molecule has 4 rings (SSSR count). The van der Waals surface area contributed by atoms with Crippen molar-refractivity contribution in [3.05, 3.63) is 69.3 Å². The van der Waals surface area contributed by atoms with Crippen molar-refractivity contribution < 1.29 is 19.8 Å². The molecule has 0 heterocycles. The first-order valence-corrected chi connectivity index (χ1v) is 10.4. The Bertz CT molecular complexity index is 1030. The molecule has 4 aliphatic rings. The van der Waals surface area contributed by atoms with Gasteiger partial charge in [-0.25, -0.2) is 0 Å². The van der Waals surface area contributed by atoms with Crippen LogP contribution in [0.25, 0.3) is 0 Å². The molecule has 2 N–H and O–H groups in total. The maximum atomic E-state index is 13.4. The SMILES string of the molecule is CC(C)(C)C1=CC2=C(O)C(=O)C3=CC(C(C)(C)C)=CC4=C(O)C(=O)C(=C1)C2(C)C34C. The molecule has 0 bridgehead atoms. The minimum absolute atomic E-state index is 0.298. The number of rotatable bonds is 0. The first-order valence-electron chi connectivity index (χ1n) is 10.4. The third-order valence-electron chi connectivity index (χ3n) is 7.52. The molecule has 0 radical (unpaired) electrons. The standard InChI is InChI=1S/C26H30O4/c1-23(2,3)13-9-15-19(27)21(29)17-11-14(24(4,5)6)12-18-22(30)20(28)16(10-13)25(15,7)26(17,18)8/h9-12,27,30H,1-8H3. The molecule has 0 amide bonds. The highest BCUT2D eigenvalue weighted by Crippen LogP contribution is 2.68. The van der Waals surface area contributed by atoms with Crippen LogP contribution in [0, 0.1) is 21.7 Å². The molecule has 4 nitrogen and oxygen atoms in total. The molecule has 4 heteroatoms. The lowest BCUT2D eigenvalue weighted by atomic mass is 9.43. The average Bonchev–Trinajstić information content (AvgIpc) is 2.62. The van der Waals surface area contributed by atoms with Crippen molar-refractivity contribution in [1.29, 1.82) is 0 Å². The summed E-state index contributed by atoms with van der Waals surface area (Å²) in [5.41, 5.74) is 0.937. The van der Waals surface area contributed by atoms with Gasteiger partial charge in [0.1, 0.15) is 0 Å². The monoisotopic (exact) mass is 406 g/mol. The molecule has 0 fully saturated rings. The Hall–Kier alpha value is -2.62. The molecule has 0 aromatic carbocycles. The van der Waals surface area contributed by atoms with E-state index in [1.807, 2.05) is 79.7 Å². The van der Waals surface area contributed by atoms with Crippen LogP contribution in [0.1, 0.15) is 55.4 Å². The molecule has 0 aromatic rings. The number of aliphatic hydroxyl groups is 2. The molecule has 2 atom stereocenters. The summed E-state index contributed by atoms with van der Waals surface area (Å²) in [6.45, 7) is 15.9. The summed E-state index contributed by atoms with van der Waals surface area (Å²) >= 11 is 0. The Labute approximate surface area is 178 Å². The second kappa shape index (κ2) is 5.54. The van der Waals surface area contributed by atoms with Gasteiger partial charge in [0.25, 0.3) is 0 Å². The van der Waals surface area contributed by atoms with Gasteiger partial charge in [0, 0.05) is 33.1 Å². The average molecular weight is 407 g/mol. The van der Waals surface area contributed by atoms with Crippen LogP contribution in [-0.2, 0) is 9.59 Å². The highest BCUT2D eigenvalue weighted by Gasteiger charge is 2.65. The fourth-order valence-corrected chi connectivity index (χ4v) is 5.21. The van der Waals surface area contributed by atoms with E-state index in [-0.39, 0.29) is 22.3 Å². The lowest BCUT2D eigenvalue weighted by Gasteiger charge is -2.57. The highest BCUT2D eigenvalue weighted by molar-refractivity contribution is 6.17. The van der Waals surface area contributed by atoms with Gasteiger partial charge >= 0.3 is 0 Å². The molecule has 30 heavy (non-hydrogen) atoms. The number of Topliss-reactive ketones (excluding diaryl/α,β-unsaturated/α-hetero) is 2. The van der Waals surface area contributed by atoms with Crippen LogP contribution in [0.5, 0.6) is 0 Å². The number of hydrogen-bond donors (Lipinski definition) is 2. The summed E-state index contributed by atoms with van der Waals surface area (Å²) in [6, 6.07) is 0. The smallest absolute Gasteiger partial charge is 0.224 e. The molecule has 0 saturated heterocycles. The molecule has 2 unspecified atom stereocenters. The van der Waals surface area contributed by atoms with E-state index >= 15 is 0 Å². The van der Waals surface area contributed by atoms with Crippen molar-refractivity contribution >= 4 is 11.6 Å². The summed E-state index contributed by atoms with van der Waals surface area (Å²) in [6.07, 6.45) is 7.39. The first-order chi connectivity index (χ1) is 13.6. The van der Waals surface area contributed by atoms with E-state index in [1.165, 1.54) is 0 Å². The molecule has 0 saturated carbocycles. The van der Waals surface area contributed by atoms with Crippen LogP contribution in [0.4, 0.5) is 0 Å². The highest BCUT2D eigenvalue weighted by atomic mass is 16.3. The molecule has 158 valence electrons. The van der Waals surface area contributed by atoms with Gasteiger partial charge in [-0.3, -0.25) is 9.59 Å². The quantitative estimate of drug-likeness (QED) is 0.548. The van der Waals surface area contributed by atoms with Gasteiger partial charge in [-0.05, 0) is 35.8 Å². The number of aliphatic hydroxyl groups excluding tert-OH is 2. The van der Waals surface area contributed by atoms with Crippen molar-refractivity contribution in [2.45, 2.75) is 55.4 Å². The van der Waals surface area contributed by atoms with Crippen molar-refractivity contribution in [3.8, 4) is 0 Å². The molecule has 0 aromatic heterocycles. The Kier molecular flexibility index (Phi) is 3.81. The van der Waals surface area contributed by atoms with E-state index in [4.69, 9.17) is 0 Å². The fraction of sp³-hybridized carbons (Fsp3) is 0.462. The normalized spacial score (nSPS) is 31.2. The van der Waals surface area contributed by atoms with E-state index < -0.39 is 22.4 Å². The number of ketones is 2. The van der Waals surface area contributed by atoms with Crippen LogP contribution in [0.15, 0.2) is 69.3 Å². The minimum atomic E-state index is -0.954. The van der Waals surface area contributed by atoms with E-state index in [0.29, 0.717) is 22.3 Å². The number of hydrogen-bond acceptors (Lipinski definition) is 4. The van der Waals surface area contributed by atoms with Crippen LogP contribution >= 0.6 is 0 Å². The van der Waals surface area contributed by atoms with Gasteiger partial charge < -0.3 is 10.2 Å². The lowest BCUT2D eigenvalue weighted by Crippen LogP contribution is -2.55. The van der Waals surface area contributed by atoms with Crippen molar-refractivity contribution in [2.75, 3.05) is 0 Å². The van der Waals surface area contributed by atoms with Crippen LogP contribution in [0.3, 0.4) is 0 Å². The molecule has 4 aliphatic carbocycles. The van der Waals surface area contributed by atoms with Gasteiger partial charge in [-0.15, -0.1) is 0 Å². The summed E-state index contributed by atoms with van der Waals surface area (Å²) in [7, 11) is 0. The second-order valence-electron chi connectivity index (χ2n) is 11.2. The first kappa shape index (κ1) is 20.6. The van der Waals surface area contributed by atoms with Crippen molar-refractivity contribution in [2.24, 2.45) is 21.7 Å². The van der Waals surface area contributed by atoms with Crippen molar-refractivity contribution in [1.82, 2.24) is 0 Å². The van der Waals surface area contributed by atoms with E-state index in [9.17, 15) is 19.8 Å². The van der Waals surface area contributed by atoms with Gasteiger partial charge in [-0.1, -0.05) is 65.8 Å². The summed E-state index contributed by atoms with van der Waals surface area (Å²) < 4.78 is 0. The third-order valence-corrected chi connectivity index (χ3v) is 7.52. The van der Waals surface area contributed by atoms with Gasteiger partial charge in [0.2, 0.25) is 11.6 Å². The summed E-state index contributed by atoms with van der Waals surface area (Å²) in [4.78, 5) is 26.8. The van der Waals surface area contributed by atoms with Gasteiger partial charge in [0.15, 0.2) is 11.5 Å². The zero-order chi connectivity index (χ0) is 22.6. The van der Waals surface area contributed by atoms with E-state index in [2.05, 4.69) is 0 Å². The maximum Gasteiger partial charge on any atom is 0.224 e. The largest absolute Gasteiger partial charge is 0.504 e. The zero-order valence-corrected chi connectivity index (χ0v) is 19.0. The summed E-state index contributed by atoms with van der Waals surface area (Å²) in [5.74, 6) is -1.50. The fourth-order valence-electron chi connectivity index (χ4n) is 5.21. The number of carbonyl (C=O) groups excluding carboxylic acids is 2. The zero-order valence-electron chi connectivity index (χ0n) is 19.0. The predicted octanol–water partition coefficient (Wildman–Crippen LogP) is 5.61. The van der Waals surface area contributed by atoms with Gasteiger partial charge in [0.05, 0.1) is 0 Å². The molecular formula is C26H30O4. The van der Waals surface area contributed by atoms with Gasteiger partial charge in [-0.2, -0.15) is 0 Å². The third kappa shape index (κ3) is 2.22. The van der Waals surface area contributed by atoms with Crippen LogP contribution < -0.4 is 0 Å². The maximum absolute atomic E-state index is 13.4. The molecule has 0 spiro atoms. The lowest BCUT2D eigenvalue weighted by molar-refractivity contribution is -0.120. The van der Waals surface area contributed by atoms with Crippen LogP contribution in [-0.4, -0.2) is 21.8 Å². The van der Waals surface area contributed by atoms with Crippen molar-refractivity contribution in [3.63, 3.8) is 0 Å². The Balaban J connectivity index is 2.18. The van der Waals surface area contributed by atoms with E-state index in [1.54, 1.807) is 0 Å². The Morgan fingerprint density at radius 1 is 0.633 bits per heavy atom. The molecular weight excluding hydrogens is 376 g/mol. The molecule has 0 aliphatic heterocycles.